The van der Waals surface area contributed by atoms with Gasteiger partial charge < -0.3 is 11.1 Å². The summed E-state index contributed by atoms with van der Waals surface area (Å²) in [7, 11) is 0. The molecule has 5 rings (SSSR count). The van der Waals surface area contributed by atoms with Crippen LogP contribution in [0.4, 0.5) is 11.4 Å². The summed E-state index contributed by atoms with van der Waals surface area (Å²) < 4.78 is 0.906. The van der Waals surface area contributed by atoms with E-state index in [1.165, 1.54) is 22.5 Å². The molecule has 2 aromatic heterocycles. The fraction of sp³-hybridized carbons (Fsp3) is 0.167. The molecule has 0 aliphatic carbocycles. The quantitative estimate of drug-likeness (QED) is 0.397. The molecular weight excluding hydrogens is 472 g/mol. The van der Waals surface area contributed by atoms with Gasteiger partial charge in [0.25, 0.3) is 5.91 Å². The zero-order valence-corrected chi connectivity index (χ0v) is 19.2. The zero-order valence-electron chi connectivity index (χ0n) is 16.8. The molecule has 1 aliphatic heterocycles. The van der Waals surface area contributed by atoms with Crippen LogP contribution in [0.25, 0.3) is 10.2 Å². The molecule has 2 aromatic carbocycles. The molecule has 0 radical (unpaired) electrons. The highest BCUT2D eigenvalue weighted by atomic mass is 79.9. The Hall–Kier alpha value is -2.74. The maximum Gasteiger partial charge on any atom is 0.267 e. The third-order valence-electron chi connectivity index (χ3n) is 5.49. The maximum atomic E-state index is 12.9. The van der Waals surface area contributed by atoms with Gasteiger partial charge in [-0.05, 0) is 35.4 Å². The predicted octanol–water partition coefficient (Wildman–Crippen LogP) is 5.45. The highest BCUT2D eigenvalue weighted by Gasteiger charge is 2.23. The number of fused-ring (bicyclic) bond motifs is 2. The third kappa shape index (κ3) is 4.21. The summed E-state index contributed by atoms with van der Waals surface area (Å²) in [6.07, 6.45) is 0.898. The Labute approximate surface area is 193 Å². The molecule has 3 N–H and O–H groups in total. The first-order valence-electron chi connectivity index (χ1n) is 10.1. The summed E-state index contributed by atoms with van der Waals surface area (Å²) in [5.74, 6) is -0.206. The molecule has 4 aromatic rings. The van der Waals surface area contributed by atoms with Crippen LogP contribution in [0.1, 0.15) is 26.5 Å². The number of rotatable bonds is 4. The van der Waals surface area contributed by atoms with Crippen molar-refractivity contribution in [1.29, 1.82) is 0 Å². The number of halogens is 1. The van der Waals surface area contributed by atoms with E-state index in [2.05, 4.69) is 56.5 Å². The lowest BCUT2D eigenvalue weighted by Crippen LogP contribution is -2.30. The van der Waals surface area contributed by atoms with Crippen LogP contribution in [-0.2, 0) is 19.5 Å². The Bertz CT molecular complexity index is 1270. The number of nitrogens with zero attached hydrogens (tertiary/aromatic N) is 2. The van der Waals surface area contributed by atoms with Crippen molar-refractivity contribution in [3.8, 4) is 0 Å². The van der Waals surface area contributed by atoms with Gasteiger partial charge in [-0.25, -0.2) is 4.98 Å². The largest absolute Gasteiger partial charge is 0.397 e. The van der Waals surface area contributed by atoms with Crippen LogP contribution < -0.4 is 11.1 Å². The summed E-state index contributed by atoms with van der Waals surface area (Å²) in [6.45, 7) is 2.72. The summed E-state index contributed by atoms with van der Waals surface area (Å²) in [5.41, 5.74) is 11.2. The lowest BCUT2D eigenvalue weighted by atomic mass is 10.0. The van der Waals surface area contributed by atoms with Crippen LogP contribution >= 0.6 is 27.3 Å². The molecule has 0 unspecified atom stereocenters. The van der Waals surface area contributed by atoms with Crippen molar-refractivity contribution in [3.63, 3.8) is 0 Å². The Kier molecular flexibility index (Phi) is 5.48. The molecule has 0 bridgehead atoms. The lowest BCUT2D eigenvalue weighted by Gasteiger charge is -2.28. The molecule has 1 amide bonds. The van der Waals surface area contributed by atoms with Crippen molar-refractivity contribution in [2.24, 2.45) is 0 Å². The molecular formula is C24H21BrN4OS. The van der Waals surface area contributed by atoms with E-state index < -0.39 is 0 Å². The Morgan fingerprint density at radius 1 is 1.16 bits per heavy atom. The molecule has 3 heterocycles. The molecule has 1 aliphatic rings. The van der Waals surface area contributed by atoms with E-state index in [1.54, 1.807) is 0 Å². The van der Waals surface area contributed by atoms with Gasteiger partial charge in [0.2, 0.25) is 0 Å². The van der Waals surface area contributed by atoms with Crippen molar-refractivity contribution in [2.45, 2.75) is 19.5 Å². The van der Waals surface area contributed by atoms with E-state index in [-0.39, 0.29) is 5.91 Å². The molecule has 0 saturated carbocycles. The van der Waals surface area contributed by atoms with Crippen LogP contribution in [0, 0.1) is 0 Å². The van der Waals surface area contributed by atoms with Gasteiger partial charge in [-0.2, -0.15) is 0 Å². The minimum absolute atomic E-state index is 0.206. The molecule has 31 heavy (non-hydrogen) atoms. The number of pyridine rings is 1. The smallest absolute Gasteiger partial charge is 0.267 e. The monoisotopic (exact) mass is 492 g/mol. The number of hydrogen-bond acceptors (Lipinski definition) is 5. The van der Waals surface area contributed by atoms with Gasteiger partial charge in [0.1, 0.15) is 9.71 Å². The number of nitrogens with one attached hydrogen (secondary N) is 1. The number of nitrogens with two attached hydrogens (primary N) is 1. The van der Waals surface area contributed by atoms with Crippen molar-refractivity contribution in [1.82, 2.24) is 9.88 Å². The van der Waals surface area contributed by atoms with Gasteiger partial charge >= 0.3 is 0 Å². The molecule has 0 saturated heterocycles. The second-order valence-corrected chi connectivity index (χ2v) is 9.62. The standard InChI is InChI=1S/C24H21BrN4OS/c25-17-7-4-8-18(12-17)27-23(30)22-21(26)19-11-16-14-29(13-15-5-2-1-3-6-15)10-9-20(16)28-24(19)31-22/h1-8,11-12H,9-10,13-14,26H2,(H,27,30). The minimum Gasteiger partial charge on any atom is -0.397 e. The van der Waals surface area contributed by atoms with Crippen LogP contribution in [0.3, 0.4) is 0 Å². The fourth-order valence-corrected chi connectivity index (χ4v) is 5.35. The number of carbonyl (C=O) groups is 1. The van der Waals surface area contributed by atoms with Gasteiger partial charge in [0.15, 0.2) is 0 Å². The number of anilines is 2. The molecule has 0 fully saturated rings. The van der Waals surface area contributed by atoms with Gasteiger partial charge in [-0.1, -0.05) is 52.3 Å². The zero-order chi connectivity index (χ0) is 21.4. The highest BCUT2D eigenvalue weighted by molar-refractivity contribution is 9.10. The van der Waals surface area contributed by atoms with Crippen LogP contribution in [0.2, 0.25) is 0 Å². The number of amides is 1. The van der Waals surface area contributed by atoms with E-state index in [0.717, 1.165) is 52.1 Å². The van der Waals surface area contributed by atoms with Crippen molar-refractivity contribution in [2.75, 3.05) is 17.6 Å². The lowest BCUT2D eigenvalue weighted by molar-refractivity contribution is 0.103. The topological polar surface area (TPSA) is 71.2 Å². The summed E-state index contributed by atoms with van der Waals surface area (Å²) in [5, 5.41) is 3.80. The van der Waals surface area contributed by atoms with E-state index in [0.29, 0.717) is 10.6 Å². The second-order valence-electron chi connectivity index (χ2n) is 7.70. The number of nitrogen functional groups attached to an aromatic ring is 1. The van der Waals surface area contributed by atoms with E-state index in [1.807, 2.05) is 30.3 Å². The molecule has 5 nitrogen and oxygen atoms in total. The SMILES string of the molecule is Nc1c(C(=O)Nc2cccc(Br)c2)sc2nc3c(cc12)CN(Cc1ccccc1)CC3. The van der Waals surface area contributed by atoms with Crippen molar-refractivity contribution >= 4 is 54.8 Å². The molecule has 156 valence electrons. The van der Waals surface area contributed by atoms with Gasteiger partial charge in [0, 0.05) is 47.3 Å². The maximum absolute atomic E-state index is 12.9. The van der Waals surface area contributed by atoms with Gasteiger partial charge in [0.05, 0.1) is 5.69 Å². The summed E-state index contributed by atoms with van der Waals surface area (Å²) >= 11 is 4.78. The Morgan fingerprint density at radius 3 is 2.81 bits per heavy atom. The van der Waals surface area contributed by atoms with E-state index >= 15 is 0 Å². The fourth-order valence-electron chi connectivity index (χ4n) is 3.96. The van der Waals surface area contributed by atoms with Gasteiger partial charge in [-0.15, -0.1) is 11.3 Å². The van der Waals surface area contributed by atoms with Crippen molar-refractivity contribution < 1.29 is 4.79 Å². The average Bonchev–Trinajstić information content (AvgIpc) is 3.09. The number of benzene rings is 2. The third-order valence-corrected chi connectivity index (χ3v) is 7.09. The number of thiophene rings is 1. The average molecular weight is 493 g/mol. The van der Waals surface area contributed by atoms with E-state index in [4.69, 9.17) is 10.7 Å². The molecule has 0 atom stereocenters. The van der Waals surface area contributed by atoms with Crippen LogP contribution in [0.5, 0.6) is 0 Å². The number of carbonyl (C=O) groups excluding carboxylic acids is 1. The Balaban J connectivity index is 1.40. The van der Waals surface area contributed by atoms with Gasteiger partial charge in [-0.3, -0.25) is 9.69 Å². The first-order valence-corrected chi connectivity index (χ1v) is 11.7. The first-order chi connectivity index (χ1) is 15.1. The summed E-state index contributed by atoms with van der Waals surface area (Å²) in [6, 6.07) is 20.1. The summed E-state index contributed by atoms with van der Waals surface area (Å²) in [4.78, 5) is 21.5. The van der Waals surface area contributed by atoms with Crippen LogP contribution in [0.15, 0.2) is 65.1 Å². The van der Waals surface area contributed by atoms with E-state index in [9.17, 15) is 4.79 Å². The molecule has 0 spiro atoms. The Morgan fingerprint density at radius 2 is 2.00 bits per heavy atom. The highest BCUT2D eigenvalue weighted by Crippen LogP contribution is 2.35. The van der Waals surface area contributed by atoms with Crippen molar-refractivity contribution in [3.05, 3.63) is 86.8 Å². The minimum atomic E-state index is -0.206. The number of hydrogen-bond donors (Lipinski definition) is 2. The predicted molar refractivity (Wildman–Crippen MR) is 130 cm³/mol. The van der Waals surface area contributed by atoms with Crippen LogP contribution in [-0.4, -0.2) is 22.3 Å². The molecule has 7 heteroatoms. The first kappa shape index (κ1) is 20.2. The second kappa shape index (κ2) is 8.42. The normalized spacial score (nSPS) is 13.8. The number of aromatic nitrogens is 1.